The average molecular weight is 423 g/mol. The fourth-order valence-electron chi connectivity index (χ4n) is 3.48. The number of carbonyl (C=O) groups is 1. The molecule has 0 unspecified atom stereocenters. The van der Waals surface area contributed by atoms with Crippen LogP contribution >= 0.6 is 11.3 Å². The summed E-state index contributed by atoms with van der Waals surface area (Å²) in [6.45, 7) is 3.12. The Morgan fingerprint density at radius 1 is 1.10 bits per heavy atom. The molecule has 1 aromatic carbocycles. The lowest BCUT2D eigenvalue weighted by Crippen LogP contribution is -2.47. The van der Waals surface area contributed by atoms with Gasteiger partial charge in [0.25, 0.3) is 11.6 Å². The minimum absolute atomic E-state index is 0.0509. The maximum absolute atomic E-state index is 12.4. The second kappa shape index (κ2) is 8.91. The summed E-state index contributed by atoms with van der Waals surface area (Å²) < 4.78 is 0. The second-order valence-corrected chi connectivity index (χ2v) is 7.92. The van der Waals surface area contributed by atoms with Gasteiger partial charge in [-0.05, 0) is 35.7 Å². The molecule has 3 aromatic rings. The van der Waals surface area contributed by atoms with E-state index in [1.54, 1.807) is 29.7 Å². The number of amides is 1. The lowest BCUT2D eigenvalue weighted by atomic mass is 10.1. The number of hydrogen-bond donors (Lipinski definition) is 1. The van der Waals surface area contributed by atoms with Gasteiger partial charge in [-0.3, -0.25) is 14.9 Å². The molecule has 1 fully saturated rings. The molecule has 9 heteroatoms. The van der Waals surface area contributed by atoms with E-state index in [0.29, 0.717) is 25.3 Å². The number of benzene rings is 1. The van der Waals surface area contributed by atoms with E-state index in [2.05, 4.69) is 15.2 Å². The van der Waals surface area contributed by atoms with Gasteiger partial charge < -0.3 is 15.1 Å². The van der Waals surface area contributed by atoms with Crippen LogP contribution in [0.25, 0.3) is 0 Å². The molecule has 1 aliphatic rings. The van der Waals surface area contributed by atoms with Gasteiger partial charge >= 0.3 is 0 Å². The van der Waals surface area contributed by atoms with Crippen molar-refractivity contribution in [1.82, 2.24) is 10.3 Å². The van der Waals surface area contributed by atoms with Crippen LogP contribution in [0.3, 0.4) is 0 Å². The van der Waals surface area contributed by atoms with Gasteiger partial charge in [0, 0.05) is 48.9 Å². The number of piperazine rings is 1. The van der Waals surface area contributed by atoms with Gasteiger partial charge in [-0.25, -0.2) is 4.98 Å². The zero-order valence-corrected chi connectivity index (χ0v) is 17.0. The quantitative estimate of drug-likeness (QED) is 0.483. The molecule has 1 aliphatic heterocycles. The third-order valence-corrected chi connectivity index (χ3v) is 5.91. The van der Waals surface area contributed by atoms with Crippen LogP contribution in [0.1, 0.15) is 15.2 Å². The third-order valence-electron chi connectivity index (χ3n) is 5.03. The zero-order chi connectivity index (χ0) is 20.9. The van der Waals surface area contributed by atoms with Crippen molar-refractivity contribution >= 4 is 34.4 Å². The minimum atomic E-state index is -0.420. The van der Waals surface area contributed by atoms with Crippen molar-refractivity contribution in [3.8, 4) is 0 Å². The topological polar surface area (TPSA) is 91.6 Å². The van der Waals surface area contributed by atoms with Crippen LogP contribution in [0.15, 0.2) is 60.1 Å². The van der Waals surface area contributed by atoms with E-state index in [4.69, 9.17) is 0 Å². The summed E-state index contributed by atoms with van der Waals surface area (Å²) in [6, 6.07) is 14.3. The molecule has 0 saturated carbocycles. The number of nitrogens with one attached hydrogen (secondary N) is 1. The number of pyridine rings is 1. The summed E-state index contributed by atoms with van der Waals surface area (Å²) in [5.41, 5.74) is 0.773. The first kappa shape index (κ1) is 19.8. The standard InChI is InChI=1S/C21H21N5O3S/c27-21(23-15-17-4-3-13-30-17)16-6-7-18(19(14-16)26(28)29)24-9-11-25(12-10-24)20-5-1-2-8-22-20/h1-8,13-14H,9-12,15H2,(H,23,27). The Bertz CT molecular complexity index is 1020. The number of carbonyl (C=O) groups excluding carboxylic acids is 1. The normalized spacial score (nSPS) is 13.9. The molecule has 1 saturated heterocycles. The summed E-state index contributed by atoms with van der Waals surface area (Å²) in [5.74, 6) is 0.586. The molecule has 3 heterocycles. The van der Waals surface area contributed by atoms with Gasteiger partial charge in [-0.2, -0.15) is 0 Å². The van der Waals surface area contributed by atoms with Crippen molar-refractivity contribution in [2.24, 2.45) is 0 Å². The number of rotatable bonds is 6. The Labute approximate surface area is 177 Å². The van der Waals surface area contributed by atoms with Crippen LogP contribution in [0.5, 0.6) is 0 Å². The highest BCUT2D eigenvalue weighted by Crippen LogP contribution is 2.30. The smallest absolute Gasteiger partial charge is 0.293 e. The van der Waals surface area contributed by atoms with Crippen molar-refractivity contribution in [3.63, 3.8) is 0 Å². The summed E-state index contributed by atoms with van der Waals surface area (Å²) in [6.07, 6.45) is 1.76. The Balaban J connectivity index is 1.46. The maximum atomic E-state index is 12.4. The lowest BCUT2D eigenvalue weighted by Gasteiger charge is -2.36. The molecule has 154 valence electrons. The fourth-order valence-corrected chi connectivity index (χ4v) is 4.12. The Hall–Kier alpha value is -3.46. The van der Waals surface area contributed by atoms with Gasteiger partial charge in [-0.15, -0.1) is 11.3 Å². The number of anilines is 2. The van der Waals surface area contributed by atoms with Gasteiger partial charge in [0.1, 0.15) is 11.5 Å². The van der Waals surface area contributed by atoms with Crippen molar-refractivity contribution in [1.29, 1.82) is 0 Å². The third kappa shape index (κ3) is 4.41. The first-order chi connectivity index (χ1) is 14.6. The zero-order valence-electron chi connectivity index (χ0n) is 16.2. The molecule has 1 N–H and O–H groups in total. The largest absolute Gasteiger partial charge is 0.362 e. The number of nitrogens with zero attached hydrogens (tertiary/aromatic N) is 4. The van der Waals surface area contributed by atoms with Gasteiger partial charge in [0.05, 0.1) is 11.5 Å². The number of hydrogen-bond acceptors (Lipinski definition) is 7. The molecule has 0 bridgehead atoms. The molecule has 30 heavy (non-hydrogen) atoms. The number of thiophene rings is 1. The highest BCUT2D eigenvalue weighted by Gasteiger charge is 2.25. The summed E-state index contributed by atoms with van der Waals surface area (Å²) in [7, 11) is 0. The van der Waals surface area contributed by atoms with E-state index < -0.39 is 4.92 Å². The van der Waals surface area contributed by atoms with Gasteiger partial charge in [-0.1, -0.05) is 12.1 Å². The van der Waals surface area contributed by atoms with Crippen molar-refractivity contribution < 1.29 is 9.72 Å². The maximum Gasteiger partial charge on any atom is 0.293 e. The molecule has 0 radical (unpaired) electrons. The summed E-state index contributed by atoms with van der Waals surface area (Å²) in [4.78, 5) is 33.3. The highest BCUT2D eigenvalue weighted by molar-refractivity contribution is 7.09. The molecular weight excluding hydrogens is 402 g/mol. The van der Waals surface area contributed by atoms with E-state index in [9.17, 15) is 14.9 Å². The van der Waals surface area contributed by atoms with Crippen LogP contribution in [0.4, 0.5) is 17.2 Å². The van der Waals surface area contributed by atoms with Crippen LogP contribution in [0, 0.1) is 10.1 Å². The molecule has 0 aliphatic carbocycles. The predicted molar refractivity (Wildman–Crippen MR) is 117 cm³/mol. The highest BCUT2D eigenvalue weighted by atomic mass is 32.1. The Morgan fingerprint density at radius 2 is 1.90 bits per heavy atom. The van der Waals surface area contributed by atoms with Crippen LogP contribution in [-0.2, 0) is 6.54 Å². The first-order valence-corrected chi connectivity index (χ1v) is 10.5. The molecule has 0 atom stereocenters. The molecule has 2 aromatic heterocycles. The van der Waals surface area contributed by atoms with E-state index in [-0.39, 0.29) is 17.2 Å². The van der Waals surface area contributed by atoms with Gasteiger partial charge in [0.15, 0.2) is 0 Å². The molecular formula is C21H21N5O3S. The van der Waals surface area contributed by atoms with E-state index in [1.165, 1.54) is 6.07 Å². The van der Waals surface area contributed by atoms with Crippen LogP contribution in [-0.4, -0.2) is 42.0 Å². The predicted octanol–water partition coefficient (Wildman–Crippen LogP) is 3.31. The fraction of sp³-hybridized carbons (Fsp3) is 0.238. The lowest BCUT2D eigenvalue weighted by molar-refractivity contribution is -0.384. The summed E-state index contributed by atoms with van der Waals surface area (Å²) >= 11 is 1.55. The summed E-state index contributed by atoms with van der Waals surface area (Å²) in [5, 5.41) is 16.4. The Morgan fingerprint density at radius 3 is 2.57 bits per heavy atom. The van der Waals surface area contributed by atoms with Crippen molar-refractivity contribution in [2.75, 3.05) is 36.0 Å². The van der Waals surface area contributed by atoms with E-state index in [1.807, 2.05) is 40.6 Å². The van der Waals surface area contributed by atoms with Crippen LogP contribution < -0.4 is 15.1 Å². The monoisotopic (exact) mass is 423 g/mol. The van der Waals surface area contributed by atoms with E-state index in [0.717, 1.165) is 23.8 Å². The van der Waals surface area contributed by atoms with Crippen molar-refractivity contribution in [3.05, 3.63) is 80.7 Å². The number of aromatic nitrogens is 1. The average Bonchev–Trinajstić information content (AvgIpc) is 3.31. The van der Waals surface area contributed by atoms with E-state index >= 15 is 0 Å². The second-order valence-electron chi connectivity index (χ2n) is 6.88. The Kier molecular flexibility index (Phi) is 5.89. The van der Waals surface area contributed by atoms with Crippen LogP contribution in [0.2, 0.25) is 0 Å². The molecule has 1 amide bonds. The number of nitro groups is 1. The number of nitro benzene ring substituents is 1. The van der Waals surface area contributed by atoms with Crippen molar-refractivity contribution in [2.45, 2.75) is 6.54 Å². The molecule has 8 nitrogen and oxygen atoms in total. The molecule has 4 rings (SSSR count). The SMILES string of the molecule is O=C(NCc1cccs1)c1ccc(N2CCN(c3ccccn3)CC2)c([N+](=O)[O-])c1. The minimum Gasteiger partial charge on any atom is -0.362 e. The first-order valence-electron chi connectivity index (χ1n) is 9.62. The van der Waals surface area contributed by atoms with Gasteiger partial charge in [0.2, 0.25) is 0 Å². The molecule has 0 spiro atoms.